The molecule has 0 spiro atoms. The lowest BCUT2D eigenvalue weighted by Gasteiger charge is -2.19. The highest BCUT2D eigenvalue weighted by molar-refractivity contribution is 7.90. The van der Waals surface area contributed by atoms with E-state index in [4.69, 9.17) is 16.7 Å². The molecule has 0 bridgehead atoms. The maximum absolute atomic E-state index is 13.3. The summed E-state index contributed by atoms with van der Waals surface area (Å²) >= 11 is 6.17. The van der Waals surface area contributed by atoms with Gasteiger partial charge in [0.2, 0.25) is 5.88 Å². The van der Waals surface area contributed by atoms with Crippen LogP contribution in [0.4, 0.5) is 0 Å². The Kier molecular flexibility index (Phi) is 8.67. The Labute approximate surface area is 227 Å². The predicted octanol–water partition coefficient (Wildman–Crippen LogP) is 1.67. The van der Waals surface area contributed by atoms with Crippen LogP contribution in [0.25, 0.3) is 0 Å². The number of rotatable bonds is 9. The van der Waals surface area contributed by atoms with Crippen LogP contribution in [0.5, 0.6) is 11.6 Å². The molecule has 1 aromatic heterocycles. The topological polar surface area (TPSA) is 192 Å². The molecule has 0 radical (unpaired) electrons. The average Bonchev–Trinajstić information content (AvgIpc) is 2.86. The third-order valence-corrected chi connectivity index (χ3v) is 7.21. The fourth-order valence-electron chi connectivity index (χ4n) is 3.66. The smallest absolute Gasteiger partial charge is 0.322 e. The zero-order chi connectivity index (χ0) is 29.1. The van der Waals surface area contributed by atoms with Crippen LogP contribution in [0.1, 0.15) is 44.8 Å². The minimum atomic E-state index is -3.46. The van der Waals surface area contributed by atoms with Crippen molar-refractivity contribution in [3.63, 3.8) is 0 Å². The van der Waals surface area contributed by atoms with Gasteiger partial charge in [0.05, 0.1) is 17.5 Å². The Bertz CT molecular complexity index is 1620. The molecule has 1 unspecified atom stereocenters. The Morgan fingerprint density at radius 3 is 2.18 bits per heavy atom. The Hall–Kier alpha value is -4.36. The number of pyridine rings is 1. The lowest BCUT2D eigenvalue weighted by atomic mass is 10.1. The number of nitrogens with one attached hydrogen (secondary N) is 2. The van der Waals surface area contributed by atoms with Crippen LogP contribution in [-0.2, 0) is 21.2 Å². The number of carbonyl (C=O) groups excluding carboxylic acids is 2. The maximum atomic E-state index is 13.3. The van der Waals surface area contributed by atoms with E-state index in [0.717, 1.165) is 6.26 Å². The number of amides is 2. The number of hydrogen-bond acceptors (Lipinski definition) is 8. The van der Waals surface area contributed by atoms with Gasteiger partial charge in [0, 0.05) is 11.3 Å². The lowest BCUT2D eigenvalue weighted by molar-refractivity contribution is -0.135. The van der Waals surface area contributed by atoms with E-state index in [9.17, 15) is 37.8 Å². The maximum Gasteiger partial charge on any atom is 0.322 e. The molecule has 206 valence electrons. The van der Waals surface area contributed by atoms with E-state index in [1.165, 1.54) is 43.3 Å². The molecule has 3 aromatic rings. The molecule has 0 saturated heterocycles. The summed E-state index contributed by atoms with van der Waals surface area (Å²) in [6, 6.07) is 11.1. The SMILES string of the molecule is CC(NC(=O)c1c(O)c(C(=O)NCC(=O)O)c(O)n(Cc2ccccc2Cl)c1=O)c1ccc(S(C)(=O)=O)cc1. The van der Waals surface area contributed by atoms with Crippen LogP contribution in [0.15, 0.2) is 58.2 Å². The first-order valence-electron chi connectivity index (χ1n) is 11.2. The molecule has 3 rings (SSSR count). The van der Waals surface area contributed by atoms with Gasteiger partial charge in [0.1, 0.15) is 17.7 Å². The zero-order valence-corrected chi connectivity index (χ0v) is 22.2. The first-order chi connectivity index (χ1) is 18.2. The number of hydrogen-bond donors (Lipinski definition) is 5. The van der Waals surface area contributed by atoms with Gasteiger partial charge in [0.25, 0.3) is 17.4 Å². The zero-order valence-electron chi connectivity index (χ0n) is 20.6. The molecule has 39 heavy (non-hydrogen) atoms. The van der Waals surface area contributed by atoms with Crippen molar-refractivity contribution < 1.29 is 38.1 Å². The van der Waals surface area contributed by atoms with Crippen molar-refractivity contribution in [1.29, 1.82) is 0 Å². The summed E-state index contributed by atoms with van der Waals surface area (Å²) in [7, 11) is -3.46. The third kappa shape index (κ3) is 6.56. The molecular formula is C25H24ClN3O9S. The molecule has 0 aliphatic rings. The number of aromatic hydroxyl groups is 2. The molecule has 14 heteroatoms. The third-order valence-electron chi connectivity index (χ3n) is 5.71. The standard InChI is InChI=1S/C25H24ClN3O9S/c1-13(14-7-9-16(10-8-14)39(2,37)38)28-23(34)20-21(32)19(22(33)27-11-18(30)31)24(35)29(25(20)36)12-15-5-3-4-6-17(15)26/h3-10,13,32,35H,11-12H2,1-2H3,(H,27,33)(H,28,34)(H,30,31). The van der Waals surface area contributed by atoms with Crippen LogP contribution < -0.4 is 16.2 Å². The van der Waals surface area contributed by atoms with E-state index in [0.29, 0.717) is 15.7 Å². The van der Waals surface area contributed by atoms with Crippen LogP contribution >= 0.6 is 11.6 Å². The number of carbonyl (C=O) groups is 3. The molecule has 0 fully saturated rings. The van der Waals surface area contributed by atoms with Gasteiger partial charge in [-0.05, 0) is 36.2 Å². The average molecular weight is 578 g/mol. The van der Waals surface area contributed by atoms with Gasteiger partial charge in [-0.15, -0.1) is 0 Å². The summed E-state index contributed by atoms with van der Waals surface area (Å²) in [5.41, 5.74) is -2.13. The van der Waals surface area contributed by atoms with E-state index in [1.54, 1.807) is 12.1 Å². The summed E-state index contributed by atoms with van der Waals surface area (Å²) in [6.07, 6.45) is 1.04. The van der Waals surface area contributed by atoms with Gasteiger partial charge in [0.15, 0.2) is 15.6 Å². The van der Waals surface area contributed by atoms with Crippen LogP contribution in [0, 0.1) is 0 Å². The van der Waals surface area contributed by atoms with E-state index >= 15 is 0 Å². The van der Waals surface area contributed by atoms with Crippen molar-refractivity contribution in [2.45, 2.75) is 24.4 Å². The first kappa shape index (κ1) is 29.2. The van der Waals surface area contributed by atoms with Crippen molar-refractivity contribution in [1.82, 2.24) is 15.2 Å². The van der Waals surface area contributed by atoms with Gasteiger partial charge < -0.3 is 26.0 Å². The summed E-state index contributed by atoms with van der Waals surface area (Å²) in [4.78, 5) is 50.2. The highest BCUT2D eigenvalue weighted by Crippen LogP contribution is 2.30. The van der Waals surface area contributed by atoms with Crippen LogP contribution in [0.2, 0.25) is 5.02 Å². The number of halogens is 1. The minimum Gasteiger partial charge on any atom is -0.506 e. The van der Waals surface area contributed by atoms with Gasteiger partial charge in [-0.3, -0.25) is 23.7 Å². The summed E-state index contributed by atoms with van der Waals surface area (Å²) < 4.78 is 24.1. The fraction of sp³-hybridized carbons (Fsp3) is 0.200. The van der Waals surface area contributed by atoms with Crippen molar-refractivity contribution >= 4 is 39.2 Å². The summed E-state index contributed by atoms with van der Waals surface area (Å²) in [5, 5.41) is 35.1. The fourth-order valence-corrected chi connectivity index (χ4v) is 4.48. The lowest BCUT2D eigenvalue weighted by Crippen LogP contribution is -2.37. The molecule has 5 N–H and O–H groups in total. The molecular weight excluding hydrogens is 554 g/mol. The second kappa shape index (κ2) is 11.6. The van der Waals surface area contributed by atoms with E-state index in [2.05, 4.69) is 5.32 Å². The number of benzene rings is 2. The summed E-state index contributed by atoms with van der Waals surface area (Å²) in [6.45, 7) is 0.267. The van der Waals surface area contributed by atoms with E-state index in [-0.39, 0.29) is 9.92 Å². The second-order valence-corrected chi connectivity index (χ2v) is 10.9. The van der Waals surface area contributed by atoms with Crippen molar-refractivity contribution in [2.75, 3.05) is 12.8 Å². The first-order valence-corrected chi connectivity index (χ1v) is 13.5. The molecule has 1 atom stereocenters. The van der Waals surface area contributed by atoms with Crippen LogP contribution in [0.3, 0.4) is 0 Å². The number of nitrogens with zero attached hydrogens (tertiary/aromatic N) is 1. The Morgan fingerprint density at radius 1 is 1.00 bits per heavy atom. The molecule has 2 amide bonds. The number of aromatic nitrogens is 1. The monoisotopic (exact) mass is 577 g/mol. The molecule has 0 aliphatic carbocycles. The molecule has 12 nitrogen and oxygen atoms in total. The number of carboxylic acids is 1. The van der Waals surface area contributed by atoms with Gasteiger partial charge >= 0.3 is 5.97 Å². The van der Waals surface area contributed by atoms with Crippen molar-refractivity contribution in [3.8, 4) is 11.6 Å². The minimum absolute atomic E-state index is 0.0560. The Balaban J connectivity index is 2.08. The predicted molar refractivity (Wildman–Crippen MR) is 140 cm³/mol. The highest BCUT2D eigenvalue weighted by atomic mass is 35.5. The number of carboxylic acid groups (broad SMARTS) is 1. The van der Waals surface area contributed by atoms with Crippen molar-refractivity contribution in [3.05, 3.63) is 86.2 Å². The molecule has 2 aromatic carbocycles. The number of sulfone groups is 1. The van der Waals surface area contributed by atoms with E-state index in [1.807, 2.05) is 5.32 Å². The quantitative estimate of drug-likeness (QED) is 0.251. The Morgan fingerprint density at radius 2 is 1.62 bits per heavy atom. The second-order valence-electron chi connectivity index (χ2n) is 8.52. The number of aliphatic carboxylic acids is 1. The molecule has 0 saturated carbocycles. The van der Waals surface area contributed by atoms with Crippen LogP contribution in [-0.4, -0.2) is 58.9 Å². The molecule has 0 aliphatic heterocycles. The van der Waals surface area contributed by atoms with Gasteiger partial charge in [-0.1, -0.05) is 41.9 Å². The van der Waals surface area contributed by atoms with E-state index < -0.39 is 75.1 Å². The van der Waals surface area contributed by atoms with Gasteiger partial charge in [-0.25, -0.2) is 8.42 Å². The largest absolute Gasteiger partial charge is 0.506 e. The van der Waals surface area contributed by atoms with Gasteiger partial charge in [-0.2, -0.15) is 0 Å². The normalized spacial score (nSPS) is 12.0. The highest BCUT2D eigenvalue weighted by Gasteiger charge is 2.31. The molecule has 1 heterocycles. The van der Waals surface area contributed by atoms with Crippen molar-refractivity contribution in [2.24, 2.45) is 0 Å². The summed E-state index contributed by atoms with van der Waals surface area (Å²) in [5.74, 6) is -5.95.